The monoisotopic (exact) mass is 252 g/mol. The largest absolute Gasteiger partial charge is 0.389 e. The molecule has 17 heavy (non-hydrogen) atoms. The summed E-state index contributed by atoms with van der Waals surface area (Å²) < 4.78 is 13.8. The van der Waals surface area contributed by atoms with E-state index in [0.717, 1.165) is 24.7 Å². The first kappa shape index (κ1) is 12.3. The molecule has 0 heterocycles. The fourth-order valence-corrected chi connectivity index (χ4v) is 2.10. The molecule has 0 amide bonds. The molecule has 1 aromatic carbocycles. The van der Waals surface area contributed by atoms with Gasteiger partial charge in [0, 0.05) is 24.3 Å². The summed E-state index contributed by atoms with van der Waals surface area (Å²) in [6.45, 7) is 3.99. The van der Waals surface area contributed by atoms with Gasteiger partial charge in [0.25, 0.3) is 0 Å². The van der Waals surface area contributed by atoms with Gasteiger partial charge in [0.2, 0.25) is 0 Å². The first-order valence-electron chi connectivity index (χ1n) is 5.96. The molecule has 1 saturated carbocycles. The van der Waals surface area contributed by atoms with Crippen LogP contribution in [-0.2, 0) is 0 Å². The molecular formula is C13H17FN2S. The molecule has 0 radical (unpaired) electrons. The number of nitrogens with zero attached hydrogens (tertiary/aromatic N) is 1. The van der Waals surface area contributed by atoms with Crippen LogP contribution in [0, 0.1) is 11.7 Å². The normalized spacial score (nSPS) is 14.7. The van der Waals surface area contributed by atoms with Crippen molar-refractivity contribution in [2.75, 3.05) is 18.0 Å². The van der Waals surface area contributed by atoms with Gasteiger partial charge >= 0.3 is 0 Å². The van der Waals surface area contributed by atoms with Crippen molar-refractivity contribution < 1.29 is 4.39 Å². The lowest BCUT2D eigenvalue weighted by Crippen LogP contribution is -2.25. The minimum Gasteiger partial charge on any atom is -0.389 e. The maximum Gasteiger partial charge on any atom is 0.135 e. The van der Waals surface area contributed by atoms with Gasteiger partial charge in [-0.15, -0.1) is 0 Å². The number of halogens is 1. The predicted octanol–water partition coefficient (Wildman–Crippen LogP) is 2.70. The van der Waals surface area contributed by atoms with E-state index < -0.39 is 0 Å². The maximum atomic E-state index is 13.8. The van der Waals surface area contributed by atoms with Gasteiger partial charge in [-0.3, -0.25) is 0 Å². The topological polar surface area (TPSA) is 29.3 Å². The lowest BCUT2D eigenvalue weighted by Gasteiger charge is -2.23. The van der Waals surface area contributed by atoms with Crippen molar-refractivity contribution in [2.45, 2.75) is 19.8 Å². The van der Waals surface area contributed by atoms with Crippen LogP contribution in [-0.4, -0.2) is 18.1 Å². The molecule has 1 fully saturated rings. The van der Waals surface area contributed by atoms with E-state index in [1.165, 1.54) is 18.9 Å². The summed E-state index contributed by atoms with van der Waals surface area (Å²) in [6, 6.07) is 5.09. The fraction of sp³-hybridized carbons (Fsp3) is 0.462. The van der Waals surface area contributed by atoms with E-state index in [1.807, 2.05) is 6.07 Å². The van der Waals surface area contributed by atoms with Crippen LogP contribution in [0.15, 0.2) is 18.2 Å². The third-order valence-electron chi connectivity index (χ3n) is 3.14. The Bertz CT molecular complexity index is 429. The molecule has 92 valence electrons. The summed E-state index contributed by atoms with van der Waals surface area (Å²) in [7, 11) is 0. The van der Waals surface area contributed by atoms with E-state index >= 15 is 0 Å². The SMILES string of the molecule is CCN(CC1CC1)c1ccc(C(N)=S)c(F)c1. The molecule has 4 heteroatoms. The summed E-state index contributed by atoms with van der Waals surface area (Å²) in [5, 5.41) is 0. The van der Waals surface area contributed by atoms with Crippen LogP contribution in [0.4, 0.5) is 10.1 Å². The molecule has 0 aromatic heterocycles. The number of hydrogen-bond donors (Lipinski definition) is 1. The Kier molecular flexibility index (Phi) is 3.62. The zero-order valence-electron chi connectivity index (χ0n) is 9.95. The van der Waals surface area contributed by atoms with Gasteiger partial charge in [0.05, 0.1) is 0 Å². The quantitative estimate of drug-likeness (QED) is 0.817. The number of anilines is 1. The number of hydrogen-bond acceptors (Lipinski definition) is 2. The summed E-state index contributed by atoms with van der Waals surface area (Å²) in [5.74, 6) is 0.456. The molecule has 1 aliphatic rings. The van der Waals surface area contributed by atoms with Crippen molar-refractivity contribution in [3.8, 4) is 0 Å². The van der Waals surface area contributed by atoms with Gasteiger partial charge in [0.1, 0.15) is 10.8 Å². The second kappa shape index (κ2) is 5.00. The zero-order chi connectivity index (χ0) is 12.4. The number of nitrogens with two attached hydrogens (primary N) is 1. The molecule has 0 bridgehead atoms. The predicted molar refractivity (Wildman–Crippen MR) is 72.9 cm³/mol. The van der Waals surface area contributed by atoms with E-state index in [-0.39, 0.29) is 10.8 Å². The first-order chi connectivity index (χ1) is 8.11. The highest BCUT2D eigenvalue weighted by atomic mass is 32.1. The number of thiocarbonyl (C=S) groups is 1. The van der Waals surface area contributed by atoms with Crippen molar-refractivity contribution in [3.63, 3.8) is 0 Å². The molecule has 2 nitrogen and oxygen atoms in total. The molecule has 2 rings (SSSR count). The molecule has 1 aromatic rings. The molecular weight excluding hydrogens is 235 g/mol. The molecule has 0 spiro atoms. The Morgan fingerprint density at radius 1 is 1.53 bits per heavy atom. The lowest BCUT2D eigenvalue weighted by atomic mass is 10.1. The average Bonchev–Trinajstić information content (AvgIpc) is 3.09. The summed E-state index contributed by atoms with van der Waals surface area (Å²) in [5.41, 5.74) is 6.68. The number of rotatable bonds is 5. The summed E-state index contributed by atoms with van der Waals surface area (Å²) in [6.07, 6.45) is 2.59. The third kappa shape index (κ3) is 2.94. The van der Waals surface area contributed by atoms with Crippen LogP contribution in [0.5, 0.6) is 0 Å². The Morgan fingerprint density at radius 3 is 2.71 bits per heavy atom. The number of benzene rings is 1. The zero-order valence-corrected chi connectivity index (χ0v) is 10.8. The molecule has 2 N–H and O–H groups in total. The minimum atomic E-state index is -0.329. The molecule has 1 aliphatic carbocycles. The van der Waals surface area contributed by atoms with E-state index in [1.54, 1.807) is 6.07 Å². The van der Waals surface area contributed by atoms with Gasteiger partial charge in [-0.05, 0) is 43.9 Å². The summed E-state index contributed by atoms with van der Waals surface area (Å²) >= 11 is 4.79. The molecule has 0 atom stereocenters. The van der Waals surface area contributed by atoms with Gasteiger partial charge in [-0.2, -0.15) is 0 Å². The van der Waals surface area contributed by atoms with Crippen LogP contribution < -0.4 is 10.6 Å². The van der Waals surface area contributed by atoms with E-state index in [0.29, 0.717) is 5.56 Å². The second-order valence-corrected chi connectivity index (χ2v) is 4.95. The fourth-order valence-electron chi connectivity index (χ4n) is 1.93. The smallest absolute Gasteiger partial charge is 0.135 e. The Labute approximate surface area is 107 Å². The average molecular weight is 252 g/mol. The van der Waals surface area contributed by atoms with Crippen molar-refractivity contribution in [1.82, 2.24) is 0 Å². The first-order valence-corrected chi connectivity index (χ1v) is 6.37. The maximum absolute atomic E-state index is 13.8. The molecule has 0 aliphatic heterocycles. The highest BCUT2D eigenvalue weighted by molar-refractivity contribution is 7.80. The van der Waals surface area contributed by atoms with Crippen molar-refractivity contribution >= 4 is 22.9 Å². The van der Waals surface area contributed by atoms with Crippen molar-refractivity contribution in [2.24, 2.45) is 11.7 Å². The van der Waals surface area contributed by atoms with Gasteiger partial charge in [-0.1, -0.05) is 12.2 Å². The third-order valence-corrected chi connectivity index (χ3v) is 3.36. The van der Waals surface area contributed by atoms with Crippen molar-refractivity contribution in [3.05, 3.63) is 29.6 Å². The Hall–Kier alpha value is -1.16. The lowest BCUT2D eigenvalue weighted by molar-refractivity contribution is 0.623. The second-order valence-electron chi connectivity index (χ2n) is 4.51. The molecule has 0 saturated heterocycles. The van der Waals surface area contributed by atoms with Crippen LogP contribution in [0.3, 0.4) is 0 Å². The highest BCUT2D eigenvalue weighted by Crippen LogP contribution is 2.31. The van der Waals surface area contributed by atoms with E-state index in [2.05, 4.69) is 11.8 Å². The van der Waals surface area contributed by atoms with Gasteiger partial charge in [-0.25, -0.2) is 4.39 Å². The van der Waals surface area contributed by atoms with Crippen LogP contribution in [0.2, 0.25) is 0 Å². The van der Waals surface area contributed by atoms with Gasteiger partial charge < -0.3 is 10.6 Å². The van der Waals surface area contributed by atoms with E-state index in [4.69, 9.17) is 18.0 Å². The molecule has 0 unspecified atom stereocenters. The Morgan fingerprint density at radius 2 is 2.24 bits per heavy atom. The standard InChI is InChI=1S/C13H17FN2S/c1-2-16(8-9-3-4-9)10-5-6-11(13(15)17)12(14)7-10/h5-7,9H,2-4,8H2,1H3,(H2,15,17). The van der Waals surface area contributed by atoms with Crippen molar-refractivity contribution in [1.29, 1.82) is 0 Å². The van der Waals surface area contributed by atoms with Crippen LogP contribution in [0.25, 0.3) is 0 Å². The van der Waals surface area contributed by atoms with E-state index in [9.17, 15) is 4.39 Å². The summed E-state index contributed by atoms with van der Waals surface area (Å²) in [4.78, 5) is 2.31. The van der Waals surface area contributed by atoms with Crippen LogP contribution in [0.1, 0.15) is 25.3 Å². The Balaban J connectivity index is 2.19. The van der Waals surface area contributed by atoms with Crippen LogP contribution >= 0.6 is 12.2 Å². The highest BCUT2D eigenvalue weighted by Gasteiger charge is 2.24. The minimum absolute atomic E-state index is 0.110. The van der Waals surface area contributed by atoms with Gasteiger partial charge in [0.15, 0.2) is 0 Å².